The van der Waals surface area contributed by atoms with Crippen molar-refractivity contribution >= 4 is 37.3 Å². The minimum Gasteiger partial charge on any atom is -0.470 e. The van der Waals surface area contributed by atoms with Crippen LogP contribution in [-0.2, 0) is 16.3 Å². The molecule has 1 aliphatic heterocycles. The average Bonchev–Trinajstić information content (AvgIpc) is 3.21. The number of aryl methyl sites for hydroxylation is 1. The third kappa shape index (κ3) is 4.90. The van der Waals surface area contributed by atoms with Crippen LogP contribution in [-0.4, -0.2) is 49.3 Å². The molecule has 7 nitrogen and oxygen atoms in total. The van der Waals surface area contributed by atoms with Gasteiger partial charge in [0.2, 0.25) is 5.95 Å². The molecule has 2 aromatic carbocycles. The van der Waals surface area contributed by atoms with Gasteiger partial charge in [-0.2, -0.15) is 0 Å². The van der Waals surface area contributed by atoms with E-state index in [1.165, 1.54) is 23.2 Å². The summed E-state index contributed by atoms with van der Waals surface area (Å²) in [6.07, 6.45) is 7.16. The zero-order chi connectivity index (χ0) is 23.7. The molecule has 0 bridgehead atoms. The number of ether oxygens (including phenoxy) is 1. The van der Waals surface area contributed by atoms with Gasteiger partial charge in [-0.15, -0.1) is 0 Å². The molecule has 1 fully saturated rings. The molecular weight excluding hydrogens is 468 g/mol. The van der Waals surface area contributed by atoms with Crippen molar-refractivity contribution in [1.29, 1.82) is 0 Å². The van der Waals surface area contributed by atoms with Gasteiger partial charge in [-0.05, 0) is 47.4 Å². The van der Waals surface area contributed by atoms with Gasteiger partial charge < -0.3 is 9.64 Å². The Balaban J connectivity index is 1.19. The first-order valence-corrected chi connectivity index (χ1v) is 14.0. The average molecular weight is 495 g/mol. The zero-order valence-electron chi connectivity index (χ0n) is 19.1. The van der Waals surface area contributed by atoms with E-state index in [0.29, 0.717) is 22.6 Å². The Bertz CT molecular complexity index is 1390. The maximum atomic E-state index is 11.7. The molecule has 0 amide bonds. The molecule has 1 saturated heterocycles. The van der Waals surface area contributed by atoms with Crippen LogP contribution in [0.2, 0.25) is 0 Å². The lowest BCUT2D eigenvalue weighted by Gasteiger charge is -2.38. The summed E-state index contributed by atoms with van der Waals surface area (Å²) in [6.45, 7) is 4.53. The van der Waals surface area contributed by atoms with Crippen molar-refractivity contribution in [3.63, 3.8) is 0 Å². The molecule has 0 atom stereocenters. The Morgan fingerprint density at radius 1 is 1.06 bits per heavy atom. The Hall–Kier alpha value is -3.04. The normalized spacial score (nSPS) is 14.4. The monoisotopic (exact) mass is 494 g/mol. The number of hydrogen-bond acceptors (Lipinski definition) is 8. The van der Waals surface area contributed by atoms with Crippen molar-refractivity contribution in [2.45, 2.75) is 24.7 Å². The Morgan fingerprint density at radius 2 is 1.76 bits per heavy atom. The summed E-state index contributed by atoms with van der Waals surface area (Å²) in [6, 6.07) is 13.0. The van der Waals surface area contributed by atoms with Crippen molar-refractivity contribution in [2.75, 3.05) is 30.9 Å². The van der Waals surface area contributed by atoms with Crippen molar-refractivity contribution in [1.82, 2.24) is 15.0 Å². The molecule has 34 heavy (non-hydrogen) atoms. The topological polar surface area (TPSA) is 85.3 Å². The summed E-state index contributed by atoms with van der Waals surface area (Å²) in [7, 11) is -3.20. The van der Waals surface area contributed by atoms with E-state index in [1.807, 2.05) is 36.7 Å². The van der Waals surface area contributed by atoms with Gasteiger partial charge in [-0.1, -0.05) is 42.9 Å². The van der Waals surface area contributed by atoms with Crippen LogP contribution < -0.4 is 9.64 Å². The summed E-state index contributed by atoms with van der Waals surface area (Å²) in [5.74, 6) is 1.21. The van der Waals surface area contributed by atoms with Crippen LogP contribution in [0.5, 0.6) is 5.19 Å². The van der Waals surface area contributed by atoms with E-state index < -0.39 is 9.84 Å². The lowest BCUT2D eigenvalue weighted by Crippen LogP contribution is -2.50. The highest BCUT2D eigenvalue weighted by atomic mass is 32.2. The fourth-order valence-electron chi connectivity index (χ4n) is 4.00. The molecule has 3 heterocycles. The quantitative estimate of drug-likeness (QED) is 0.353. The molecule has 4 aromatic rings. The first kappa shape index (κ1) is 22.7. The standard InChI is InChI=1S/C25H26N4O3S2/c1-3-4-17-12-26-24(27-13-17)29-14-18(15-29)16-32-25-28-22-10-7-20(11-23(22)33-25)19-5-8-21(9-6-19)34(2,30)31/h5-13,18H,3-4,14-16H2,1-2H3. The third-order valence-corrected chi connectivity index (χ3v) is 7.96. The number of fused-ring (bicyclic) bond motifs is 1. The highest BCUT2D eigenvalue weighted by molar-refractivity contribution is 7.90. The summed E-state index contributed by atoms with van der Waals surface area (Å²) >= 11 is 1.53. The summed E-state index contributed by atoms with van der Waals surface area (Å²) in [5.41, 5.74) is 4.05. The minimum absolute atomic E-state index is 0.320. The van der Waals surface area contributed by atoms with Crippen molar-refractivity contribution in [2.24, 2.45) is 5.92 Å². The molecule has 0 aliphatic carbocycles. The maximum Gasteiger partial charge on any atom is 0.274 e. The Kier molecular flexibility index (Phi) is 6.22. The number of nitrogens with zero attached hydrogens (tertiary/aromatic N) is 4. The number of rotatable bonds is 8. The van der Waals surface area contributed by atoms with E-state index in [0.717, 1.165) is 53.2 Å². The van der Waals surface area contributed by atoms with Crippen LogP contribution >= 0.6 is 11.3 Å². The molecule has 0 spiro atoms. The lowest BCUT2D eigenvalue weighted by atomic mass is 10.0. The molecule has 0 saturated carbocycles. The molecule has 5 rings (SSSR count). The maximum absolute atomic E-state index is 11.7. The third-order valence-electron chi connectivity index (χ3n) is 5.90. The second-order valence-electron chi connectivity index (χ2n) is 8.68. The first-order valence-electron chi connectivity index (χ1n) is 11.3. The van der Waals surface area contributed by atoms with Gasteiger partial charge >= 0.3 is 0 Å². The molecule has 1 aliphatic rings. The number of aromatic nitrogens is 3. The van der Waals surface area contributed by atoms with Gasteiger partial charge in [0.25, 0.3) is 5.19 Å². The van der Waals surface area contributed by atoms with Gasteiger partial charge in [0.1, 0.15) is 0 Å². The van der Waals surface area contributed by atoms with Crippen molar-refractivity contribution < 1.29 is 13.2 Å². The van der Waals surface area contributed by atoms with E-state index >= 15 is 0 Å². The smallest absolute Gasteiger partial charge is 0.274 e. The summed E-state index contributed by atoms with van der Waals surface area (Å²) in [5, 5.41) is 0.665. The van der Waals surface area contributed by atoms with Crippen molar-refractivity contribution in [3.8, 4) is 16.3 Å². The van der Waals surface area contributed by atoms with Gasteiger partial charge in [0.05, 0.1) is 21.7 Å². The zero-order valence-corrected chi connectivity index (χ0v) is 20.8. The highest BCUT2D eigenvalue weighted by Gasteiger charge is 2.29. The van der Waals surface area contributed by atoms with Crippen LogP contribution in [0.4, 0.5) is 5.95 Å². The summed E-state index contributed by atoms with van der Waals surface area (Å²) < 4.78 is 30.4. The number of benzene rings is 2. The fraction of sp³-hybridized carbons (Fsp3) is 0.320. The largest absolute Gasteiger partial charge is 0.470 e. The number of hydrogen-bond donors (Lipinski definition) is 0. The Morgan fingerprint density at radius 3 is 2.44 bits per heavy atom. The van der Waals surface area contributed by atoms with Crippen LogP contribution in [0.25, 0.3) is 21.3 Å². The Labute approximate surface area is 203 Å². The van der Waals surface area contributed by atoms with Crippen LogP contribution in [0, 0.1) is 5.92 Å². The van der Waals surface area contributed by atoms with Gasteiger partial charge in [-0.25, -0.2) is 23.4 Å². The van der Waals surface area contributed by atoms with Crippen LogP contribution in [0.1, 0.15) is 18.9 Å². The first-order chi connectivity index (χ1) is 16.4. The lowest BCUT2D eigenvalue weighted by molar-refractivity contribution is 0.219. The molecule has 0 unspecified atom stereocenters. The second-order valence-corrected chi connectivity index (χ2v) is 11.7. The minimum atomic E-state index is -3.20. The van der Waals surface area contributed by atoms with Gasteiger partial charge in [0, 0.05) is 37.7 Å². The molecule has 0 radical (unpaired) electrons. The fourth-order valence-corrected chi connectivity index (χ4v) is 5.49. The predicted octanol–water partition coefficient (Wildman–Crippen LogP) is 4.62. The molecular formula is C25H26N4O3S2. The molecule has 0 N–H and O–H groups in total. The van der Waals surface area contributed by atoms with Gasteiger partial charge in [-0.3, -0.25) is 0 Å². The summed E-state index contributed by atoms with van der Waals surface area (Å²) in [4.78, 5) is 16.1. The van der Waals surface area contributed by atoms with E-state index in [1.54, 1.807) is 12.1 Å². The van der Waals surface area contributed by atoms with Crippen LogP contribution in [0.3, 0.4) is 0 Å². The number of thiazole rings is 1. The molecule has 176 valence electrons. The second kappa shape index (κ2) is 9.31. The van der Waals surface area contributed by atoms with E-state index in [-0.39, 0.29) is 0 Å². The highest BCUT2D eigenvalue weighted by Crippen LogP contribution is 2.33. The van der Waals surface area contributed by atoms with Crippen LogP contribution in [0.15, 0.2) is 59.8 Å². The van der Waals surface area contributed by atoms with E-state index in [4.69, 9.17) is 4.74 Å². The molecule has 9 heteroatoms. The van der Waals surface area contributed by atoms with E-state index in [9.17, 15) is 8.42 Å². The SMILES string of the molecule is CCCc1cnc(N2CC(COc3nc4ccc(-c5ccc(S(C)(=O)=O)cc5)cc4s3)C2)nc1. The number of sulfone groups is 1. The van der Waals surface area contributed by atoms with E-state index in [2.05, 4.69) is 32.8 Å². The predicted molar refractivity (Wildman–Crippen MR) is 135 cm³/mol. The van der Waals surface area contributed by atoms with Crippen molar-refractivity contribution in [3.05, 3.63) is 60.4 Å². The van der Waals surface area contributed by atoms with Gasteiger partial charge in [0.15, 0.2) is 9.84 Å². The molecule has 2 aromatic heterocycles. The number of anilines is 1.